The van der Waals surface area contributed by atoms with Gasteiger partial charge in [0.1, 0.15) is 0 Å². The number of para-hydroxylation sites is 1. The second kappa shape index (κ2) is 7.05. The number of hydroxylamine groups is 1. The second-order valence-corrected chi connectivity index (χ2v) is 4.43. The van der Waals surface area contributed by atoms with Crippen LogP contribution in [-0.2, 0) is 0 Å². The van der Waals surface area contributed by atoms with Crippen LogP contribution in [0.2, 0.25) is 0 Å². The number of phenolic OH excluding ortho intramolecular Hbond substituents is 2. The topological polar surface area (TPSA) is 131 Å². The van der Waals surface area contributed by atoms with Gasteiger partial charge >= 0.3 is 0 Å². The summed E-state index contributed by atoms with van der Waals surface area (Å²) in [6, 6.07) is 9.85. The molecule has 0 saturated carbocycles. The highest BCUT2D eigenvalue weighted by Crippen LogP contribution is 2.26. The first kappa shape index (κ1) is 16.0. The fourth-order valence-corrected chi connectivity index (χ4v) is 1.72. The number of phenols is 2. The van der Waals surface area contributed by atoms with Crippen molar-refractivity contribution in [3.63, 3.8) is 0 Å². The van der Waals surface area contributed by atoms with Crippen molar-refractivity contribution in [3.05, 3.63) is 59.2 Å². The Balaban J connectivity index is 2.03. The minimum absolute atomic E-state index is 0.192. The molecule has 23 heavy (non-hydrogen) atoms. The summed E-state index contributed by atoms with van der Waals surface area (Å²) in [6.45, 7) is 0. The Morgan fingerprint density at radius 2 is 1.57 bits per heavy atom. The molecule has 2 aromatic carbocycles. The van der Waals surface area contributed by atoms with E-state index < -0.39 is 11.8 Å². The average molecular weight is 315 g/mol. The Kier molecular flexibility index (Phi) is 4.90. The standard InChI is InChI=1S/C15H13N3O5/c19-12-3-1-2-11(13(12)20)8-16-17-14(21)9-4-6-10(7-5-9)15(22)18-23/h1-8,19-20,23H,(H,17,21)(H,18,22)/b16-8+. The van der Waals surface area contributed by atoms with E-state index in [0.717, 1.165) is 0 Å². The molecular weight excluding hydrogens is 302 g/mol. The molecule has 5 N–H and O–H groups in total. The molecule has 0 heterocycles. The summed E-state index contributed by atoms with van der Waals surface area (Å²) in [4.78, 5) is 23.0. The summed E-state index contributed by atoms with van der Waals surface area (Å²) in [5.74, 6) is -1.85. The summed E-state index contributed by atoms with van der Waals surface area (Å²) in [5.41, 5.74) is 4.40. The summed E-state index contributed by atoms with van der Waals surface area (Å²) in [5, 5.41) is 31.1. The van der Waals surface area contributed by atoms with E-state index in [-0.39, 0.29) is 28.2 Å². The van der Waals surface area contributed by atoms with Crippen LogP contribution in [0.1, 0.15) is 26.3 Å². The fraction of sp³-hybridized carbons (Fsp3) is 0. The van der Waals surface area contributed by atoms with Crippen LogP contribution >= 0.6 is 0 Å². The quantitative estimate of drug-likeness (QED) is 0.248. The zero-order valence-electron chi connectivity index (χ0n) is 11.7. The minimum Gasteiger partial charge on any atom is -0.504 e. The van der Waals surface area contributed by atoms with E-state index in [1.165, 1.54) is 54.2 Å². The van der Waals surface area contributed by atoms with E-state index in [4.69, 9.17) is 5.21 Å². The number of hydrogen-bond acceptors (Lipinski definition) is 6. The van der Waals surface area contributed by atoms with Crippen LogP contribution in [0.4, 0.5) is 0 Å². The molecule has 0 radical (unpaired) electrons. The lowest BCUT2D eigenvalue weighted by Crippen LogP contribution is -2.20. The van der Waals surface area contributed by atoms with Crippen LogP contribution in [-0.4, -0.2) is 33.4 Å². The molecule has 0 bridgehead atoms. The highest BCUT2D eigenvalue weighted by atomic mass is 16.5. The molecule has 2 aromatic rings. The molecule has 0 unspecified atom stereocenters. The van der Waals surface area contributed by atoms with Crippen molar-refractivity contribution in [1.82, 2.24) is 10.9 Å². The lowest BCUT2D eigenvalue weighted by Gasteiger charge is -2.03. The maximum atomic E-state index is 11.9. The van der Waals surface area contributed by atoms with Gasteiger partial charge in [-0.2, -0.15) is 5.10 Å². The predicted octanol–water partition coefficient (Wildman–Crippen LogP) is 0.981. The van der Waals surface area contributed by atoms with Gasteiger partial charge in [0, 0.05) is 16.7 Å². The number of amides is 2. The summed E-state index contributed by atoms with van der Waals surface area (Å²) >= 11 is 0. The smallest absolute Gasteiger partial charge is 0.274 e. The van der Waals surface area contributed by atoms with Crippen molar-refractivity contribution in [2.45, 2.75) is 0 Å². The zero-order valence-corrected chi connectivity index (χ0v) is 11.7. The van der Waals surface area contributed by atoms with Gasteiger partial charge in [-0.25, -0.2) is 10.9 Å². The zero-order chi connectivity index (χ0) is 16.8. The van der Waals surface area contributed by atoms with Gasteiger partial charge in [0.2, 0.25) is 0 Å². The summed E-state index contributed by atoms with van der Waals surface area (Å²) in [7, 11) is 0. The van der Waals surface area contributed by atoms with Crippen LogP contribution < -0.4 is 10.9 Å². The van der Waals surface area contributed by atoms with Crippen molar-refractivity contribution in [3.8, 4) is 11.5 Å². The highest BCUT2D eigenvalue weighted by Gasteiger charge is 2.08. The lowest BCUT2D eigenvalue weighted by atomic mass is 10.1. The molecule has 0 saturated heterocycles. The van der Waals surface area contributed by atoms with E-state index in [9.17, 15) is 19.8 Å². The maximum absolute atomic E-state index is 11.9. The molecular formula is C15H13N3O5. The highest BCUT2D eigenvalue weighted by molar-refractivity contribution is 5.97. The lowest BCUT2D eigenvalue weighted by molar-refractivity contribution is 0.0706. The number of aromatic hydroxyl groups is 2. The maximum Gasteiger partial charge on any atom is 0.274 e. The second-order valence-electron chi connectivity index (χ2n) is 4.43. The number of hydrazone groups is 1. The van der Waals surface area contributed by atoms with Crippen LogP contribution in [0.15, 0.2) is 47.6 Å². The Hall–Kier alpha value is -3.39. The predicted molar refractivity (Wildman–Crippen MR) is 80.5 cm³/mol. The van der Waals surface area contributed by atoms with Crippen molar-refractivity contribution >= 4 is 18.0 Å². The van der Waals surface area contributed by atoms with Gasteiger partial charge in [0.05, 0.1) is 6.21 Å². The van der Waals surface area contributed by atoms with Crippen molar-refractivity contribution in [1.29, 1.82) is 0 Å². The number of benzene rings is 2. The van der Waals surface area contributed by atoms with Crippen LogP contribution in [0, 0.1) is 0 Å². The minimum atomic E-state index is -0.686. The van der Waals surface area contributed by atoms with E-state index >= 15 is 0 Å². The molecule has 0 aromatic heterocycles. The van der Waals surface area contributed by atoms with E-state index in [1.54, 1.807) is 0 Å². The van der Waals surface area contributed by atoms with Crippen molar-refractivity contribution in [2.24, 2.45) is 5.10 Å². The van der Waals surface area contributed by atoms with Crippen LogP contribution in [0.5, 0.6) is 11.5 Å². The van der Waals surface area contributed by atoms with Gasteiger partial charge in [0.25, 0.3) is 11.8 Å². The van der Waals surface area contributed by atoms with Gasteiger partial charge in [0.15, 0.2) is 11.5 Å². The molecule has 118 valence electrons. The SMILES string of the molecule is O=C(NO)c1ccc(C(=O)N/N=C/c2cccc(O)c2O)cc1. The third kappa shape index (κ3) is 3.83. The summed E-state index contributed by atoms with van der Waals surface area (Å²) in [6.07, 6.45) is 1.18. The largest absolute Gasteiger partial charge is 0.504 e. The number of hydrogen-bond donors (Lipinski definition) is 5. The summed E-state index contributed by atoms with van der Waals surface area (Å²) < 4.78 is 0. The molecule has 0 aliphatic rings. The molecule has 0 aliphatic carbocycles. The first-order valence-electron chi connectivity index (χ1n) is 6.41. The molecule has 8 heteroatoms. The third-order valence-electron chi connectivity index (χ3n) is 2.93. The third-order valence-corrected chi connectivity index (χ3v) is 2.93. The number of nitrogens with one attached hydrogen (secondary N) is 2. The monoisotopic (exact) mass is 315 g/mol. The fourth-order valence-electron chi connectivity index (χ4n) is 1.72. The Bertz CT molecular complexity index is 756. The molecule has 0 aliphatic heterocycles. The van der Waals surface area contributed by atoms with Crippen LogP contribution in [0.25, 0.3) is 0 Å². The van der Waals surface area contributed by atoms with E-state index in [2.05, 4.69) is 10.5 Å². The molecule has 0 spiro atoms. The molecule has 0 atom stereocenters. The number of carbonyl (C=O) groups is 2. The molecule has 2 amide bonds. The van der Waals surface area contributed by atoms with Crippen molar-refractivity contribution in [2.75, 3.05) is 0 Å². The Labute approximate surface area is 130 Å². The van der Waals surface area contributed by atoms with E-state index in [0.29, 0.717) is 0 Å². The van der Waals surface area contributed by atoms with Gasteiger partial charge in [-0.15, -0.1) is 0 Å². The van der Waals surface area contributed by atoms with Gasteiger partial charge < -0.3 is 10.2 Å². The number of nitrogens with zero attached hydrogens (tertiary/aromatic N) is 1. The molecule has 0 fully saturated rings. The Morgan fingerprint density at radius 1 is 0.957 bits per heavy atom. The normalized spacial score (nSPS) is 10.5. The average Bonchev–Trinajstić information content (AvgIpc) is 2.58. The van der Waals surface area contributed by atoms with Gasteiger partial charge in [-0.3, -0.25) is 14.8 Å². The number of rotatable bonds is 4. The number of carbonyl (C=O) groups excluding carboxylic acids is 2. The van der Waals surface area contributed by atoms with Crippen LogP contribution in [0.3, 0.4) is 0 Å². The van der Waals surface area contributed by atoms with E-state index in [1.807, 2.05) is 0 Å². The van der Waals surface area contributed by atoms with Crippen molar-refractivity contribution < 1.29 is 25.0 Å². The molecule has 8 nitrogen and oxygen atoms in total. The first-order chi connectivity index (χ1) is 11.0. The van der Waals surface area contributed by atoms with Gasteiger partial charge in [-0.05, 0) is 36.4 Å². The van der Waals surface area contributed by atoms with Gasteiger partial charge in [-0.1, -0.05) is 6.07 Å². The molecule has 2 rings (SSSR count). The Morgan fingerprint density at radius 3 is 2.17 bits per heavy atom. The first-order valence-corrected chi connectivity index (χ1v) is 6.41.